The normalized spacial score (nSPS) is 11.9. The molecule has 11 heavy (non-hydrogen) atoms. The van der Waals surface area contributed by atoms with Crippen LogP contribution in [-0.2, 0) is 0 Å². The molecule has 0 saturated heterocycles. The van der Waals surface area contributed by atoms with Crippen LogP contribution in [0.1, 0.15) is 18.5 Å². The van der Waals surface area contributed by atoms with Crippen LogP contribution in [0.15, 0.2) is 28.7 Å². The van der Waals surface area contributed by atoms with Crippen molar-refractivity contribution in [2.45, 2.75) is 13.0 Å². The zero-order valence-corrected chi connectivity index (χ0v) is 8.56. The predicted molar refractivity (Wildman–Crippen MR) is 46.7 cm³/mol. The summed E-state index contributed by atoms with van der Waals surface area (Å²) in [5.74, 6) is 0. The number of halogens is 2. The highest BCUT2D eigenvalue weighted by Gasteiger charge is 1.96. The quantitative estimate of drug-likeness (QED) is 0.696. The van der Waals surface area contributed by atoms with E-state index < -0.39 is 0 Å². The molecule has 1 rings (SSSR count). The summed E-state index contributed by atoms with van der Waals surface area (Å²) < 4.78 is 1.09. The smallest absolute Gasteiger partial charge is 0.0266 e. The monoisotopic (exact) mass is 234 g/mol. The van der Waals surface area contributed by atoms with Crippen LogP contribution in [0.3, 0.4) is 0 Å². The van der Waals surface area contributed by atoms with Crippen molar-refractivity contribution in [3.05, 3.63) is 34.3 Å². The Bertz CT molecular complexity index is 208. The molecule has 1 nitrogen and oxygen atoms in total. The summed E-state index contributed by atoms with van der Waals surface area (Å²) in [6, 6.07) is 8.18. The molecule has 0 aliphatic carbocycles. The van der Waals surface area contributed by atoms with E-state index in [0.717, 1.165) is 4.47 Å². The molecule has 0 aromatic heterocycles. The highest BCUT2D eigenvalue weighted by molar-refractivity contribution is 9.10. The van der Waals surface area contributed by atoms with E-state index in [1.165, 1.54) is 5.56 Å². The van der Waals surface area contributed by atoms with E-state index in [1.807, 2.05) is 31.2 Å². The van der Waals surface area contributed by atoms with Crippen LogP contribution in [-0.4, -0.2) is 0 Å². The fourth-order valence-electron chi connectivity index (χ4n) is 0.766. The molecule has 0 heterocycles. The van der Waals surface area contributed by atoms with Crippen molar-refractivity contribution in [1.29, 1.82) is 0 Å². The highest BCUT2D eigenvalue weighted by Crippen LogP contribution is 2.14. The van der Waals surface area contributed by atoms with Crippen molar-refractivity contribution >= 4 is 15.9 Å². The first-order valence-electron chi connectivity index (χ1n) is 3.21. The molecule has 0 spiro atoms. The Balaban J connectivity index is 0.000001000. The average Bonchev–Trinajstić information content (AvgIpc) is 1.88. The van der Waals surface area contributed by atoms with E-state index in [9.17, 15) is 0 Å². The summed E-state index contributed by atoms with van der Waals surface area (Å²) in [6.07, 6.45) is 0. The van der Waals surface area contributed by atoms with Gasteiger partial charge in [0.05, 0.1) is 0 Å². The predicted octanol–water partition coefficient (Wildman–Crippen LogP) is -0.527. The maximum atomic E-state index is 5.65. The lowest BCUT2D eigenvalue weighted by molar-refractivity contribution is -0.00000212. The number of rotatable bonds is 1. The molecule has 0 saturated carbocycles. The highest BCUT2D eigenvalue weighted by atomic mass is 79.9. The first-order valence-corrected chi connectivity index (χ1v) is 4.00. The van der Waals surface area contributed by atoms with Gasteiger partial charge in [-0.1, -0.05) is 28.1 Å². The second-order valence-electron chi connectivity index (χ2n) is 2.34. The molecule has 3 heteroatoms. The maximum absolute atomic E-state index is 5.65. The Hall–Kier alpha value is -0.0500. The zero-order chi connectivity index (χ0) is 7.56. The average molecular weight is 236 g/mol. The minimum absolute atomic E-state index is 0. The molecular formula is C8H10BrClN-. The van der Waals surface area contributed by atoms with E-state index in [0.29, 0.717) is 0 Å². The van der Waals surface area contributed by atoms with Crippen molar-refractivity contribution < 1.29 is 12.4 Å². The number of hydrogen-bond donors (Lipinski definition) is 1. The van der Waals surface area contributed by atoms with Gasteiger partial charge in [0.1, 0.15) is 0 Å². The van der Waals surface area contributed by atoms with Gasteiger partial charge in [-0.25, -0.2) is 0 Å². The van der Waals surface area contributed by atoms with Gasteiger partial charge in [-0.15, -0.1) is 0 Å². The first-order chi connectivity index (χ1) is 4.70. The van der Waals surface area contributed by atoms with Gasteiger partial charge in [0.2, 0.25) is 0 Å². The van der Waals surface area contributed by atoms with Gasteiger partial charge in [0.15, 0.2) is 0 Å². The minimum atomic E-state index is 0. The molecule has 1 aromatic carbocycles. The van der Waals surface area contributed by atoms with Crippen molar-refractivity contribution in [2.24, 2.45) is 5.73 Å². The molecule has 1 aromatic rings. The molecule has 1 unspecified atom stereocenters. The topological polar surface area (TPSA) is 26.0 Å². The van der Waals surface area contributed by atoms with Gasteiger partial charge in [0, 0.05) is 10.5 Å². The maximum Gasteiger partial charge on any atom is 0.0266 e. The lowest BCUT2D eigenvalue weighted by Gasteiger charge is -2.03. The number of hydrogen-bond acceptors (Lipinski definition) is 1. The van der Waals surface area contributed by atoms with Crippen LogP contribution < -0.4 is 18.1 Å². The SMILES string of the molecule is CC(N)c1ccc(Br)cc1.[Cl-]. The number of benzene rings is 1. The summed E-state index contributed by atoms with van der Waals surface area (Å²) in [5, 5.41) is 0. The van der Waals surface area contributed by atoms with Crippen molar-refractivity contribution in [3.8, 4) is 0 Å². The molecule has 0 radical (unpaired) electrons. The summed E-state index contributed by atoms with van der Waals surface area (Å²) in [5.41, 5.74) is 6.82. The van der Waals surface area contributed by atoms with Crippen molar-refractivity contribution in [1.82, 2.24) is 0 Å². The fraction of sp³-hybridized carbons (Fsp3) is 0.250. The lowest BCUT2D eigenvalue weighted by atomic mass is 10.1. The Morgan fingerprint density at radius 3 is 2.09 bits per heavy atom. The zero-order valence-electron chi connectivity index (χ0n) is 6.22. The molecule has 1 atom stereocenters. The van der Waals surface area contributed by atoms with Crippen LogP contribution in [0.5, 0.6) is 0 Å². The summed E-state index contributed by atoms with van der Waals surface area (Å²) in [6.45, 7) is 1.98. The molecule has 62 valence electrons. The Kier molecular flexibility index (Phi) is 4.73. The first kappa shape index (κ1) is 11.0. The molecule has 0 bridgehead atoms. The van der Waals surface area contributed by atoms with Gasteiger partial charge in [-0.05, 0) is 24.6 Å². The van der Waals surface area contributed by atoms with Crippen LogP contribution in [0.2, 0.25) is 0 Å². The van der Waals surface area contributed by atoms with E-state index in [4.69, 9.17) is 5.73 Å². The Labute approximate surface area is 81.5 Å². The fourth-order valence-corrected chi connectivity index (χ4v) is 1.03. The van der Waals surface area contributed by atoms with E-state index >= 15 is 0 Å². The van der Waals surface area contributed by atoms with Gasteiger partial charge >= 0.3 is 0 Å². The molecule has 0 fully saturated rings. The van der Waals surface area contributed by atoms with Gasteiger partial charge in [-0.2, -0.15) is 0 Å². The molecule has 0 aliphatic rings. The summed E-state index contributed by atoms with van der Waals surface area (Å²) in [4.78, 5) is 0. The number of nitrogens with two attached hydrogens (primary N) is 1. The third kappa shape index (κ3) is 3.23. The lowest BCUT2D eigenvalue weighted by Crippen LogP contribution is -3.00. The van der Waals surface area contributed by atoms with Gasteiger partial charge in [-0.3, -0.25) is 0 Å². The molecule has 0 aliphatic heterocycles. The van der Waals surface area contributed by atoms with Crippen molar-refractivity contribution in [2.75, 3.05) is 0 Å². The molecule has 0 amide bonds. The van der Waals surface area contributed by atoms with Crippen LogP contribution in [0.4, 0.5) is 0 Å². The summed E-state index contributed by atoms with van der Waals surface area (Å²) >= 11 is 3.35. The van der Waals surface area contributed by atoms with E-state index in [1.54, 1.807) is 0 Å². The standard InChI is InChI=1S/C8H10BrN.ClH/c1-6(10)7-2-4-8(9)5-3-7;/h2-6H,10H2,1H3;1H/p-1. The van der Waals surface area contributed by atoms with Crippen molar-refractivity contribution in [3.63, 3.8) is 0 Å². The molecule has 2 N–H and O–H groups in total. The van der Waals surface area contributed by atoms with E-state index in [2.05, 4.69) is 15.9 Å². The van der Waals surface area contributed by atoms with Gasteiger partial charge < -0.3 is 18.1 Å². The van der Waals surface area contributed by atoms with Crippen LogP contribution in [0, 0.1) is 0 Å². The Morgan fingerprint density at radius 2 is 1.73 bits per heavy atom. The minimum Gasteiger partial charge on any atom is -1.00 e. The Morgan fingerprint density at radius 1 is 1.27 bits per heavy atom. The van der Waals surface area contributed by atoms with Crippen LogP contribution >= 0.6 is 15.9 Å². The second kappa shape index (κ2) is 4.75. The molecular weight excluding hydrogens is 225 g/mol. The second-order valence-corrected chi connectivity index (χ2v) is 3.26. The van der Waals surface area contributed by atoms with E-state index in [-0.39, 0.29) is 18.4 Å². The van der Waals surface area contributed by atoms with Crippen LogP contribution in [0.25, 0.3) is 0 Å². The summed E-state index contributed by atoms with van der Waals surface area (Å²) in [7, 11) is 0. The van der Waals surface area contributed by atoms with Gasteiger partial charge in [0.25, 0.3) is 0 Å². The largest absolute Gasteiger partial charge is 1.00 e. The third-order valence-corrected chi connectivity index (χ3v) is 1.92. The third-order valence-electron chi connectivity index (χ3n) is 1.40.